The lowest BCUT2D eigenvalue weighted by atomic mass is 9.81. The fourth-order valence-corrected chi connectivity index (χ4v) is 10.5. The summed E-state index contributed by atoms with van der Waals surface area (Å²) in [5, 5.41) is 7.38. The lowest BCUT2D eigenvalue weighted by Crippen LogP contribution is -2.15. The van der Waals surface area contributed by atoms with E-state index < -0.39 is 0 Å². The van der Waals surface area contributed by atoms with Crippen molar-refractivity contribution in [3.05, 3.63) is 151 Å². The van der Waals surface area contributed by atoms with Gasteiger partial charge in [-0.15, -0.1) is 22.7 Å². The van der Waals surface area contributed by atoms with Crippen LogP contribution in [0.2, 0.25) is 0 Å². The number of nitrogens with zero attached hydrogens (tertiary/aromatic N) is 3. The van der Waals surface area contributed by atoms with E-state index in [0.29, 0.717) is 17.5 Å². The maximum Gasteiger partial charge on any atom is 0.164 e. The molecule has 3 aromatic heterocycles. The van der Waals surface area contributed by atoms with Crippen molar-refractivity contribution in [3.8, 4) is 45.3 Å². The van der Waals surface area contributed by atoms with Crippen LogP contribution >= 0.6 is 22.7 Å². The van der Waals surface area contributed by atoms with Gasteiger partial charge in [0.2, 0.25) is 0 Å². The zero-order valence-electron chi connectivity index (χ0n) is 27.9. The zero-order chi connectivity index (χ0) is 33.8. The van der Waals surface area contributed by atoms with Crippen molar-refractivity contribution >= 4 is 73.8 Å². The number of thiophene rings is 2. The fraction of sp³-hybridized carbons (Fsp3) is 0.0652. The summed E-state index contributed by atoms with van der Waals surface area (Å²) in [6.45, 7) is 4.68. The van der Waals surface area contributed by atoms with Crippen LogP contribution in [0.3, 0.4) is 0 Å². The second kappa shape index (κ2) is 10.6. The standard InChI is InChI=1S/C46H29N3S2/c1-46(2)35-25-28(21-22-29(35)34-23-26-11-3-4-12-27(26)24-36(34)46)43-47-44(32-15-9-19-39-41(32)30-13-5-7-17-37(30)50-39)49-45(48-43)33-16-10-20-40-42(33)31-14-6-8-18-38(31)51-40/h3-25H,1-2H3. The first-order valence-corrected chi connectivity index (χ1v) is 18.9. The third-order valence-electron chi connectivity index (χ3n) is 10.7. The lowest BCUT2D eigenvalue weighted by molar-refractivity contribution is 0.661. The Labute approximate surface area is 302 Å². The van der Waals surface area contributed by atoms with Gasteiger partial charge < -0.3 is 0 Å². The molecule has 240 valence electrons. The average Bonchev–Trinajstić information content (AvgIpc) is 3.81. The molecule has 1 aliphatic carbocycles. The highest BCUT2D eigenvalue weighted by Gasteiger charge is 2.36. The number of rotatable bonds is 3. The molecule has 0 unspecified atom stereocenters. The second-order valence-corrected chi connectivity index (χ2v) is 16.2. The van der Waals surface area contributed by atoms with Crippen LogP contribution in [0.25, 0.3) is 96.4 Å². The van der Waals surface area contributed by atoms with Gasteiger partial charge in [0.1, 0.15) is 0 Å². The molecule has 3 nitrogen and oxygen atoms in total. The number of aromatic nitrogens is 3. The highest BCUT2D eigenvalue weighted by molar-refractivity contribution is 7.26. The molecule has 0 amide bonds. The minimum atomic E-state index is -0.175. The molecule has 0 saturated heterocycles. The van der Waals surface area contributed by atoms with Crippen LogP contribution in [0.15, 0.2) is 140 Å². The van der Waals surface area contributed by atoms with E-state index >= 15 is 0 Å². The Morgan fingerprint density at radius 2 is 0.922 bits per heavy atom. The Balaban J connectivity index is 1.17. The fourth-order valence-electron chi connectivity index (χ4n) is 8.23. The van der Waals surface area contributed by atoms with Crippen molar-refractivity contribution in [3.63, 3.8) is 0 Å². The molecule has 10 aromatic rings. The highest BCUT2D eigenvalue weighted by Crippen LogP contribution is 2.51. The van der Waals surface area contributed by atoms with Gasteiger partial charge in [-0.05, 0) is 75.5 Å². The third kappa shape index (κ3) is 4.25. The van der Waals surface area contributed by atoms with Gasteiger partial charge >= 0.3 is 0 Å². The van der Waals surface area contributed by atoms with E-state index in [1.54, 1.807) is 0 Å². The van der Waals surface area contributed by atoms with Crippen molar-refractivity contribution in [2.75, 3.05) is 0 Å². The quantitative estimate of drug-likeness (QED) is 0.186. The molecule has 0 saturated carbocycles. The Hall–Kier alpha value is -5.75. The van der Waals surface area contributed by atoms with Gasteiger partial charge in [0.05, 0.1) is 0 Å². The summed E-state index contributed by atoms with van der Waals surface area (Å²) in [5.74, 6) is 2.06. The molecule has 5 heteroatoms. The smallest absolute Gasteiger partial charge is 0.164 e. The van der Waals surface area contributed by atoms with Gasteiger partial charge in [-0.2, -0.15) is 0 Å². The number of hydrogen-bond acceptors (Lipinski definition) is 5. The molecule has 0 radical (unpaired) electrons. The van der Waals surface area contributed by atoms with Crippen LogP contribution in [0.1, 0.15) is 25.0 Å². The van der Waals surface area contributed by atoms with Crippen LogP contribution in [0.4, 0.5) is 0 Å². The van der Waals surface area contributed by atoms with Crippen LogP contribution in [0, 0.1) is 0 Å². The molecule has 11 rings (SSSR count). The Morgan fingerprint density at radius 3 is 1.55 bits per heavy atom. The van der Waals surface area contributed by atoms with E-state index in [4.69, 9.17) is 15.0 Å². The molecule has 0 aliphatic heterocycles. The Bertz CT molecular complexity index is 2940. The molecule has 0 spiro atoms. The molecule has 0 bridgehead atoms. The summed E-state index contributed by atoms with van der Waals surface area (Å²) in [7, 11) is 0. The summed E-state index contributed by atoms with van der Waals surface area (Å²) >= 11 is 3.63. The first kappa shape index (κ1) is 29.0. The van der Waals surface area contributed by atoms with Crippen molar-refractivity contribution < 1.29 is 0 Å². The summed E-state index contributed by atoms with van der Waals surface area (Å²) < 4.78 is 4.98. The molecule has 0 atom stereocenters. The molecule has 0 fully saturated rings. The molecule has 1 aliphatic rings. The summed E-state index contributed by atoms with van der Waals surface area (Å²) in [5.41, 5.74) is 8.12. The minimum absolute atomic E-state index is 0.175. The van der Waals surface area contributed by atoms with Gasteiger partial charge in [0.25, 0.3) is 0 Å². The van der Waals surface area contributed by atoms with E-state index in [0.717, 1.165) is 16.7 Å². The van der Waals surface area contributed by atoms with Gasteiger partial charge in [0, 0.05) is 62.4 Å². The monoisotopic (exact) mass is 687 g/mol. The molecule has 7 aromatic carbocycles. The van der Waals surface area contributed by atoms with Gasteiger partial charge in [0.15, 0.2) is 17.5 Å². The van der Waals surface area contributed by atoms with E-state index in [2.05, 4.69) is 153 Å². The maximum absolute atomic E-state index is 5.32. The molecule has 51 heavy (non-hydrogen) atoms. The predicted molar refractivity (Wildman–Crippen MR) is 217 cm³/mol. The summed E-state index contributed by atoms with van der Waals surface area (Å²) in [6.07, 6.45) is 0. The topological polar surface area (TPSA) is 38.7 Å². The molecular formula is C46H29N3S2. The Kier molecular flexibility index (Phi) is 6.05. The van der Waals surface area contributed by atoms with Crippen LogP contribution < -0.4 is 0 Å². The van der Waals surface area contributed by atoms with E-state index in [1.807, 2.05) is 22.7 Å². The first-order valence-electron chi connectivity index (χ1n) is 17.3. The van der Waals surface area contributed by atoms with E-state index in [1.165, 1.54) is 73.4 Å². The van der Waals surface area contributed by atoms with E-state index in [9.17, 15) is 0 Å². The molecular weight excluding hydrogens is 659 g/mol. The number of hydrogen-bond donors (Lipinski definition) is 0. The zero-order valence-corrected chi connectivity index (χ0v) is 29.6. The Morgan fingerprint density at radius 1 is 0.412 bits per heavy atom. The number of fused-ring (bicyclic) bond motifs is 10. The maximum atomic E-state index is 5.32. The molecule has 3 heterocycles. The third-order valence-corrected chi connectivity index (χ3v) is 13.0. The van der Waals surface area contributed by atoms with E-state index in [-0.39, 0.29) is 5.41 Å². The largest absolute Gasteiger partial charge is 0.208 e. The van der Waals surface area contributed by atoms with Crippen LogP contribution in [0.5, 0.6) is 0 Å². The van der Waals surface area contributed by atoms with Crippen molar-refractivity contribution in [2.45, 2.75) is 19.3 Å². The normalized spacial score (nSPS) is 13.5. The highest BCUT2D eigenvalue weighted by atomic mass is 32.1. The van der Waals surface area contributed by atoms with Gasteiger partial charge in [-0.1, -0.05) is 111 Å². The lowest BCUT2D eigenvalue weighted by Gasteiger charge is -2.22. The molecule has 0 N–H and O–H groups in total. The van der Waals surface area contributed by atoms with Gasteiger partial charge in [-0.25, -0.2) is 15.0 Å². The number of benzene rings is 7. The SMILES string of the molecule is CC1(C)c2cc(-c3nc(-c4cccc5sc6ccccc6c45)nc(-c4cccc5sc6ccccc6c45)n3)ccc2-c2cc3ccccc3cc21. The second-order valence-electron chi connectivity index (χ2n) is 14.0. The predicted octanol–water partition coefficient (Wildman–Crippen LogP) is 13.1. The van der Waals surface area contributed by atoms with Crippen molar-refractivity contribution in [1.82, 2.24) is 15.0 Å². The van der Waals surface area contributed by atoms with Crippen LogP contribution in [-0.2, 0) is 5.41 Å². The summed E-state index contributed by atoms with van der Waals surface area (Å²) in [6, 6.07) is 50.4. The van der Waals surface area contributed by atoms with Crippen molar-refractivity contribution in [1.29, 1.82) is 0 Å². The van der Waals surface area contributed by atoms with Gasteiger partial charge in [-0.3, -0.25) is 0 Å². The average molecular weight is 688 g/mol. The van der Waals surface area contributed by atoms with Crippen LogP contribution in [-0.4, -0.2) is 15.0 Å². The summed E-state index contributed by atoms with van der Waals surface area (Å²) in [4.78, 5) is 16.0. The minimum Gasteiger partial charge on any atom is -0.208 e. The van der Waals surface area contributed by atoms with Crippen molar-refractivity contribution in [2.24, 2.45) is 0 Å². The first-order chi connectivity index (χ1) is 25.0.